The van der Waals surface area contributed by atoms with E-state index in [9.17, 15) is 9.90 Å². The number of carbonyl (C=O) groups excluding carboxylic acids is 1. The van der Waals surface area contributed by atoms with E-state index in [1.807, 2.05) is 25.3 Å². The van der Waals surface area contributed by atoms with Gasteiger partial charge in [0, 0.05) is 6.42 Å². The summed E-state index contributed by atoms with van der Waals surface area (Å²) >= 11 is 0. The van der Waals surface area contributed by atoms with Crippen molar-refractivity contribution in [3.05, 3.63) is 70.9 Å². The number of hydrogen-bond donors (Lipinski definition) is 1. The second kappa shape index (κ2) is 11.5. The summed E-state index contributed by atoms with van der Waals surface area (Å²) in [4.78, 5) is 11.5. The second-order valence-corrected chi connectivity index (χ2v) is 8.10. The first-order valence-electron chi connectivity index (χ1n) is 10.5. The molecule has 1 aromatic heterocycles. The number of aryl methyl sites for hydroxylation is 1. The fraction of sp³-hybridized carbons (Fsp3) is 0.480. The van der Waals surface area contributed by atoms with Gasteiger partial charge in [0.15, 0.2) is 6.10 Å². The lowest BCUT2D eigenvalue weighted by atomic mass is 10.00. The number of aliphatic hydroxyl groups is 1. The molecular weight excluding hydrogens is 364 g/mol. The van der Waals surface area contributed by atoms with Crippen LogP contribution in [0.15, 0.2) is 69.8 Å². The van der Waals surface area contributed by atoms with Crippen LogP contribution in [0.4, 0.5) is 0 Å². The van der Waals surface area contributed by atoms with Gasteiger partial charge in [-0.1, -0.05) is 42.4 Å². The van der Waals surface area contributed by atoms with Gasteiger partial charge in [0.2, 0.25) is 0 Å². The van der Waals surface area contributed by atoms with Crippen molar-refractivity contribution in [2.24, 2.45) is 5.92 Å². The molecule has 0 amide bonds. The Kier molecular flexibility index (Phi) is 9.04. The number of carbonyl (C=O) groups is 1. The third-order valence-electron chi connectivity index (χ3n) is 5.31. The lowest BCUT2D eigenvalue weighted by molar-refractivity contribution is -0.140. The largest absolute Gasteiger partial charge is 0.508 e. The molecule has 4 heteroatoms. The predicted octanol–water partition coefficient (Wildman–Crippen LogP) is 6.61. The zero-order valence-corrected chi connectivity index (χ0v) is 18.1. The third-order valence-corrected chi connectivity index (χ3v) is 5.31. The molecule has 0 aliphatic carbocycles. The molecule has 0 fully saturated rings. The molecule has 1 aliphatic rings. The van der Waals surface area contributed by atoms with Crippen molar-refractivity contribution in [2.75, 3.05) is 0 Å². The van der Waals surface area contributed by atoms with Crippen LogP contribution in [0.5, 0.6) is 0 Å². The molecule has 2 atom stereocenters. The summed E-state index contributed by atoms with van der Waals surface area (Å²) < 4.78 is 10.3. The van der Waals surface area contributed by atoms with Crippen molar-refractivity contribution in [3.8, 4) is 0 Å². The molecule has 0 saturated carbocycles. The molecule has 0 spiro atoms. The highest BCUT2D eigenvalue weighted by molar-refractivity contribution is 5.91. The molecule has 0 aromatic carbocycles. The Hall–Kier alpha value is -2.49. The molecule has 2 heterocycles. The van der Waals surface area contributed by atoms with Crippen LogP contribution in [0, 0.1) is 5.92 Å². The van der Waals surface area contributed by atoms with E-state index in [0.717, 1.165) is 31.3 Å². The van der Waals surface area contributed by atoms with Gasteiger partial charge in [-0.3, -0.25) is 0 Å². The van der Waals surface area contributed by atoms with Gasteiger partial charge in [-0.05, 0) is 70.4 Å². The van der Waals surface area contributed by atoms with E-state index in [1.165, 1.54) is 17.6 Å². The maximum Gasteiger partial charge on any atom is 0.338 e. The maximum absolute atomic E-state index is 11.5. The number of furan rings is 1. The highest BCUT2D eigenvalue weighted by Crippen LogP contribution is 2.25. The molecule has 1 N–H and O–H groups in total. The van der Waals surface area contributed by atoms with Crippen LogP contribution in [-0.4, -0.2) is 17.2 Å². The highest BCUT2D eigenvalue weighted by Gasteiger charge is 2.31. The second-order valence-electron chi connectivity index (χ2n) is 8.10. The third kappa shape index (κ3) is 7.80. The minimum absolute atomic E-state index is 0.0632. The van der Waals surface area contributed by atoms with Gasteiger partial charge in [0.25, 0.3) is 0 Å². The lowest BCUT2D eigenvalue weighted by Gasteiger charge is -2.10. The molecule has 0 bridgehead atoms. The number of hydrogen-bond acceptors (Lipinski definition) is 4. The highest BCUT2D eigenvalue weighted by atomic mass is 16.6. The van der Waals surface area contributed by atoms with Crippen molar-refractivity contribution in [1.29, 1.82) is 0 Å². The van der Waals surface area contributed by atoms with Crippen molar-refractivity contribution in [3.63, 3.8) is 0 Å². The number of allylic oxidation sites excluding steroid dienone is 5. The van der Waals surface area contributed by atoms with E-state index in [2.05, 4.69) is 32.1 Å². The van der Waals surface area contributed by atoms with Crippen LogP contribution in [0.25, 0.3) is 0 Å². The van der Waals surface area contributed by atoms with Crippen LogP contribution in [0.3, 0.4) is 0 Å². The van der Waals surface area contributed by atoms with Crippen molar-refractivity contribution < 1.29 is 19.1 Å². The van der Waals surface area contributed by atoms with E-state index >= 15 is 0 Å². The molecule has 4 nitrogen and oxygen atoms in total. The Labute approximate surface area is 174 Å². The summed E-state index contributed by atoms with van der Waals surface area (Å²) in [5.74, 6) is 0.154. The van der Waals surface area contributed by atoms with Crippen LogP contribution < -0.4 is 0 Å². The molecule has 1 aromatic rings. The standard InChI is InChI=1S/C25H34O4/c1-18(8-5-9-19(2)11-7-13-22-14-15-28-17-22)10-6-12-20(3)16-23-24(26)21(4)25(27)29-23/h6,10-12,14-15,17-18,23,26H,5,7-9,13,16H2,1-4H3/b10-6+,19-11+,20-12+/t18?,23-/m1/s1. The fourth-order valence-electron chi connectivity index (χ4n) is 3.35. The first-order valence-corrected chi connectivity index (χ1v) is 10.5. The fourth-order valence-corrected chi connectivity index (χ4v) is 3.35. The van der Waals surface area contributed by atoms with Crippen molar-refractivity contribution >= 4 is 5.97 Å². The van der Waals surface area contributed by atoms with Crippen molar-refractivity contribution in [1.82, 2.24) is 0 Å². The molecule has 1 aliphatic heterocycles. The predicted molar refractivity (Wildman–Crippen MR) is 117 cm³/mol. The summed E-state index contributed by atoms with van der Waals surface area (Å²) in [5, 5.41) is 9.91. The minimum atomic E-state index is -0.534. The normalized spacial score (nSPS) is 19.3. The molecular formula is C25H34O4. The van der Waals surface area contributed by atoms with E-state index in [4.69, 9.17) is 9.15 Å². The zero-order chi connectivity index (χ0) is 21.2. The monoisotopic (exact) mass is 398 g/mol. The smallest absolute Gasteiger partial charge is 0.338 e. The lowest BCUT2D eigenvalue weighted by Crippen LogP contribution is -2.11. The summed E-state index contributed by atoms with van der Waals surface area (Å²) in [6, 6.07) is 2.02. The summed E-state index contributed by atoms with van der Waals surface area (Å²) in [7, 11) is 0. The maximum atomic E-state index is 11.5. The zero-order valence-electron chi connectivity index (χ0n) is 18.1. The van der Waals surface area contributed by atoms with Crippen LogP contribution in [0.2, 0.25) is 0 Å². The first-order chi connectivity index (χ1) is 13.9. The van der Waals surface area contributed by atoms with Crippen molar-refractivity contribution in [2.45, 2.75) is 72.3 Å². The molecule has 0 radical (unpaired) electrons. The number of rotatable bonds is 11. The Balaban J connectivity index is 1.65. The SMILES string of the molecule is CC1=C(O)[C@@H](C/C(C)=C/C=C/C(C)CCC/C(C)=C/CCc2ccoc2)OC1=O. The minimum Gasteiger partial charge on any atom is -0.508 e. The quantitative estimate of drug-likeness (QED) is 0.259. The molecule has 2 rings (SSSR count). The van der Waals surface area contributed by atoms with Gasteiger partial charge >= 0.3 is 5.97 Å². The average molecular weight is 399 g/mol. The number of ether oxygens (including phenoxy) is 1. The Morgan fingerprint density at radius 1 is 1.31 bits per heavy atom. The van der Waals surface area contributed by atoms with E-state index in [0.29, 0.717) is 17.9 Å². The van der Waals surface area contributed by atoms with E-state index in [1.54, 1.807) is 13.2 Å². The van der Waals surface area contributed by atoms with Crippen LogP contribution in [0.1, 0.15) is 65.4 Å². The van der Waals surface area contributed by atoms with Gasteiger partial charge in [-0.25, -0.2) is 4.79 Å². The summed E-state index contributed by atoms with van der Waals surface area (Å²) in [6.45, 7) is 8.02. The van der Waals surface area contributed by atoms with Crippen LogP contribution in [-0.2, 0) is 16.0 Å². The number of esters is 1. The molecule has 29 heavy (non-hydrogen) atoms. The first kappa shape index (κ1) is 22.8. The molecule has 0 saturated heterocycles. The Morgan fingerprint density at radius 2 is 2.10 bits per heavy atom. The van der Waals surface area contributed by atoms with Gasteiger partial charge in [0.05, 0.1) is 18.1 Å². The van der Waals surface area contributed by atoms with Gasteiger partial charge in [-0.15, -0.1) is 0 Å². The van der Waals surface area contributed by atoms with Crippen LogP contribution >= 0.6 is 0 Å². The van der Waals surface area contributed by atoms with Gasteiger partial charge < -0.3 is 14.3 Å². The summed E-state index contributed by atoms with van der Waals surface area (Å²) in [5.41, 5.74) is 4.10. The number of aliphatic hydroxyl groups excluding tert-OH is 1. The molecule has 1 unspecified atom stereocenters. The van der Waals surface area contributed by atoms with Gasteiger partial charge in [-0.2, -0.15) is 0 Å². The number of cyclic esters (lactones) is 1. The summed E-state index contributed by atoms with van der Waals surface area (Å²) in [6.07, 6.45) is 17.7. The topological polar surface area (TPSA) is 59.7 Å². The van der Waals surface area contributed by atoms with E-state index in [-0.39, 0.29) is 5.76 Å². The Bertz CT molecular complexity index is 778. The molecule has 158 valence electrons. The van der Waals surface area contributed by atoms with E-state index < -0.39 is 12.1 Å². The van der Waals surface area contributed by atoms with Gasteiger partial charge in [0.1, 0.15) is 5.76 Å². The average Bonchev–Trinajstić information content (AvgIpc) is 3.27. The Morgan fingerprint density at radius 3 is 2.76 bits per heavy atom.